The summed E-state index contributed by atoms with van der Waals surface area (Å²) in [7, 11) is 4.51. The topological polar surface area (TPSA) is 68.3 Å². The van der Waals surface area contributed by atoms with Crippen LogP contribution in [-0.4, -0.2) is 66.7 Å². The van der Waals surface area contributed by atoms with Gasteiger partial charge in [0.05, 0.1) is 20.7 Å². The van der Waals surface area contributed by atoms with Crippen LogP contribution >= 0.6 is 0 Å². The highest BCUT2D eigenvalue weighted by molar-refractivity contribution is 5.91. The van der Waals surface area contributed by atoms with Crippen molar-refractivity contribution in [3.8, 4) is 11.5 Å². The van der Waals surface area contributed by atoms with Crippen LogP contribution in [0.4, 0.5) is 0 Å². The lowest BCUT2D eigenvalue weighted by Gasteiger charge is -2.46. The number of morpholine rings is 1. The number of esters is 1. The Kier molecular flexibility index (Phi) is 3.71. The van der Waals surface area contributed by atoms with Crippen LogP contribution in [0, 0.1) is 0 Å². The minimum atomic E-state index is -1.29. The fourth-order valence-corrected chi connectivity index (χ4v) is 6.09. The number of carbonyl (C=O) groups excluding carboxylic acids is 1. The van der Waals surface area contributed by atoms with Gasteiger partial charge in [0, 0.05) is 24.0 Å². The number of quaternary nitrogens is 1. The number of rotatable bonds is 3. The number of nitrogens with zero attached hydrogens (tertiary/aromatic N) is 1. The van der Waals surface area contributed by atoms with E-state index in [0.717, 1.165) is 17.3 Å². The Morgan fingerprint density at radius 1 is 1.03 bits per heavy atom. The summed E-state index contributed by atoms with van der Waals surface area (Å²) >= 11 is 0. The Morgan fingerprint density at radius 2 is 1.57 bits per heavy atom. The van der Waals surface area contributed by atoms with E-state index in [1.165, 1.54) is 0 Å². The van der Waals surface area contributed by atoms with Crippen LogP contribution in [0.1, 0.15) is 24.0 Å². The summed E-state index contributed by atoms with van der Waals surface area (Å²) in [5.74, 6) is 0.760. The maximum atomic E-state index is 13.8. The van der Waals surface area contributed by atoms with Gasteiger partial charge in [0.25, 0.3) is 0 Å². The zero-order chi connectivity index (χ0) is 20.7. The molecule has 0 amide bonds. The first-order chi connectivity index (χ1) is 14.5. The fraction of sp³-hybridized carbons (Fsp3) is 0.458. The van der Waals surface area contributed by atoms with E-state index >= 15 is 0 Å². The second kappa shape index (κ2) is 6.06. The molecule has 30 heavy (non-hydrogen) atoms. The number of para-hydroxylation sites is 2. The van der Waals surface area contributed by atoms with Gasteiger partial charge in [0.1, 0.15) is 47.3 Å². The number of ether oxygens (including phenoxy) is 3. The van der Waals surface area contributed by atoms with E-state index in [1.54, 1.807) is 0 Å². The highest BCUT2D eigenvalue weighted by Crippen LogP contribution is 2.53. The van der Waals surface area contributed by atoms with Crippen molar-refractivity contribution in [1.82, 2.24) is 0 Å². The molecule has 1 N–H and O–H groups in total. The number of hydrogen-bond donors (Lipinski definition) is 1. The van der Waals surface area contributed by atoms with Gasteiger partial charge in [0.15, 0.2) is 0 Å². The normalized spacial score (nSPS) is 33.5. The summed E-state index contributed by atoms with van der Waals surface area (Å²) in [6, 6.07) is 15.5. The highest BCUT2D eigenvalue weighted by atomic mass is 16.6. The Bertz CT molecular complexity index is 968. The predicted molar refractivity (Wildman–Crippen MR) is 108 cm³/mol. The predicted octanol–water partition coefficient (Wildman–Crippen LogP) is 2.37. The molecule has 0 aliphatic carbocycles. The van der Waals surface area contributed by atoms with E-state index in [0.29, 0.717) is 46.9 Å². The van der Waals surface area contributed by atoms with Crippen LogP contribution in [-0.2, 0) is 19.7 Å². The number of likely N-dealkylation sites (N-methyl/N-ethyl adjacent to an activating group) is 1. The molecule has 6 heteroatoms. The highest BCUT2D eigenvalue weighted by Gasteiger charge is 2.71. The molecule has 4 heterocycles. The molecule has 0 radical (unpaired) electrons. The summed E-state index contributed by atoms with van der Waals surface area (Å²) < 4.78 is 19.0. The zero-order valence-corrected chi connectivity index (χ0v) is 17.2. The summed E-state index contributed by atoms with van der Waals surface area (Å²) in [5, 5.41) is 10.6. The maximum Gasteiger partial charge on any atom is 0.324 e. The van der Waals surface area contributed by atoms with Crippen molar-refractivity contribution in [2.75, 3.05) is 20.7 Å². The van der Waals surface area contributed by atoms with Gasteiger partial charge >= 0.3 is 5.97 Å². The lowest BCUT2D eigenvalue weighted by Crippen LogP contribution is -2.60. The second-order valence-corrected chi connectivity index (χ2v) is 9.49. The number of carbonyl (C=O) groups is 1. The molecule has 2 aromatic rings. The standard InChI is InChI=1S/C24H26NO5/c1-25(2)17-11-14(12-18(25)22-21(17)30-22)28-23(27)24(13-26)15-7-3-5-9-19(15)29-20-10-6-4-8-16(20)24/h3-10,14,17-18,21-22,26H,11-13H2,1-2H3/q+1/t14?,17-,18?,21+,22?/m0/s1. The summed E-state index contributed by atoms with van der Waals surface area (Å²) in [6.45, 7) is -0.376. The summed E-state index contributed by atoms with van der Waals surface area (Å²) in [4.78, 5) is 13.8. The van der Waals surface area contributed by atoms with Gasteiger partial charge in [-0.15, -0.1) is 0 Å². The lowest BCUT2D eigenvalue weighted by atomic mass is 9.73. The third-order valence-electron chi connectivity index (χ3n) is 7.81. The third-order valence-corrected chi connectivity index (χ3v) is 7.81. The quantitative estimate of drug-likeness (QED) is 0.480. The zero-order valence-electron chi connectivity index (χ0n) is 17.2. The van der Waals surface area contributed by atoms with Crippen molar-refractivity contribution in [1.29, 1.82) is 0 Å². The fourth-order valence-electron chi connectivity index (χ4n) is 6.09. The number of fused-ring (bicyclic) bond motifs is 7. The third kappa shape index (κ3) is 2.27. The molecule has 3 saturated heterocycles. The van der Waals surface area contributed by atoms with Crippen molar-refractivity contribution in [2.45, 2.75) is 48.7 Å². The molecule has 0 saturated carbocycles. The van der Waals surface area contributed by atoms with Gasteiger partial charge in [-0.3, -0.25) is 4.79 Å². The Hall–Kier alpha value is -2.41. The number of aliphatic hydroxyl groups is 1. The van der Waals surface area contributed by atoms with Gasteiger partial charge in [-0.1, -0.05) is 36.4 Å². The number of benzene rings is 2. The molecule has 6 rings (SSSR count). The van der Waals surface area contributed by atoms with Gasteiger partial charge in [0.2, 0.25) is 0 Å². The van der Waals surface area contributed by atoms with Crippen LogP contribution in [0.25, 0.3) is 0 Å². The van der Waals surface area contributed by atoms with Crippen molar-refractivity contribution in [2.24, 2.45) is 0 Å². The molecule has 3 unspecified atom stereocenters. The summed E-state index contributed by atoms with van der Waals surface area (Å²) in [5.41, 5.74) is 0.0145. The van der Waals surface area contributed by atoms with E-state index in [2.05, 4.69) is 14.1 Å². The molecular formula is C24H26NO5+. The SMILES string of the molecule is C[N+]1(C)C2CC(OC(=O)C3(CO)c4ccccc4Oc4ccccc43)C[C@H]1[C@H]1OC21. The van der Waals surface area contributed by atoms with E-state index in [4.69, 9.17) is 14.2 Å². The molecule has 4 aliphatic rings. The van der Waals surface area contributed by atoms with E-state index in [1.807, 2.05) is 48.5 Å². The summed E-state index contributed by atoms with van der Waals surface area (Å²) in [6.07, 6.45) is 2.01. The van der Waals surface area contributed by atoms with Gasteiger partial charge < -0.3 is 23.8 Å². The molecule has 2 bridgehead atoms. The first-order valence-corrected chi connectivity index (χ1v) is 10.6. The van der Waals surface area contributed by atoms with Gasteiger partial charge in [-0.2, -0.15) is 0 Å². The van der Waals surface area contributed by atoms with Crippen molar-refractivity contribution in [3.63, 3.8) is 0 Å². The van der Waals surface area contributed by atoms with Crippen molar-refractivity contribution in [3.05, 3.63) is 59.7 Å². The molecule has 4 aliphatic heterocycles. The van der Waals surface area contributed by atoms with E-state index < -0.39 is 11.4 Å². The molecule has 0 spiro atoms. The van der Waals surface area contributed by atoms with Gasteiger partial charge in [-0.25, -0.2) is 0 Å². The smallest absolute Gasteiger partial charge is 0.324 e. The second-order valence-electron chi connectivity index (χ2n) is 9.49. The molecule has 3 fully saturated rings. The average Bonchev–Trinajstić information content (AvgIpc) is 3.50. The number of piperidine rings is 1. The largest absolute Gasteiger partial charge is 0.461 e. The van der Waals surface area contributed by atoms with Crippen LogP contribution in [0.3, 0.4) is 0 Å². The van der Waals surface area contributed by atoms with E-state index in [9.17, 15) is 9.90 Å². The average molecular weight is 408 g/mol. The van der Waals surface area contributed by atoms with Crippen molar-refractivity contribution >= 4 is 5.97 Å². The van der Waals surface area contributed by atoms with Gasteiger partial charge in [-0.05, 0) is 12.1 Å². The molecule has 5 atom stereocenters. The Morgan fingerprint density at radius 3 is 2.10 bits per heavy atom. The monoisotopic (exact) mass is 408 g/mol. The molecule has 156 valence electrons. The van der Waals surface area contributed by atoms with E-state index in [-0.39, 0.29) is 12.7 Å². The first-order valence-electron chi connectivity index (χ1n) is 10.6. The molecule has 0 aromatic heterocycles. The minimum Gasteiger partial charge on any atom is -0.461 e. The number of aliphatic hydroxyl groups excluding tert-OH is 1. The van der Waals surface area contributed by atoms with Crippen molar-refractivity contribution < 1.29 is 28.6 Å². The lowest BCUT2D eigenvalue weighted by molar-refractivity contribution is -0.938. The number of epoxide rings is 1. The van der Waals surface area contributed by atoms with Crippen LogP contribution in [0.5, 0.6) is 11.5 Å². The van der Waals surface area contributed by atoms with Crippen LogP contribution in [0.2, 0.25) is 0 Å². The molecule has 2 aromatic carbocycles. The van der Waals surface area contributed by atoms with Crippen LogP contribution < -0.4 is 4.74 Å². The Labute approximate surface area is 175 Å². The number of hydrogen-bond acceptors (Lipinski definition) is 5. The molecular weight excluding hydrogens is 382 g/mol. The maximum absolute atomic E-state index is 13.8. The van der Waals surface area contributed by atoms with Crippen LogP contribution in [0.15, 0.2) is 48.5 Å². The molecule has 6 nitrogen and oxygen atoms in total. The minimum absolute atomic E-state index is 0.166. The first kappa shape index (κ1) is 18.4. The Balaban J connectivity index is 1.36.